The molecule has 0 saturated heterocycles. The lowest BCUT2D eigenvalue weighted by Crippen LogP contribution is -2.40. The smallest absolute Gasteiger partial charge is 0.234 e. The average Bonchev–Trinajstić information content (AvgIpc) is 3.20. The number of anilines is 1. The normalized spacial score (nSPS) is 15.6. The number of nitrogens with zero attached hydrogens (tertiary/aromatic N) is 1. The number of benzene rings is 1. The van der Waals surface area contributed by atoms with Crippen LogP contribution in [0.5, 0.6) is 0 Å². The molecule has 100 valence electrons. The van der Waals surface area contributed by atoms with E-state index in [-0.39, 0.29) is 11.3 Å². The predicted molar refractivity (Wildman–Crippen MR) is 77.5 cm³/mol. The molecule has 1 saturated carbocycles. The van der Waals surface area contributed by atoms with Crippen molar-refractivity contribution < 1.29 is 4.79 Å². The molecule has 1 aromatic carbocycles. The Morgan fingerprint density at radius 2 is 2.05 bits per heavy atom. The van der Waals surface area contributed by atoms with Gasteiger partial charge in [0.1, 0.15) is 0 Å². The molecule has 2 N–H and O–H groups in total. The van der Waals surface area contributed by atoms with Gasteiger partial charge in [-0.05, 0) is 37.0 Å². The van der Waals surface area contributed by atoms with Crippen LogP contribution in [0.25, 0.3) is 0 Å². The third kappa shape index (κ3) is 2.58. The first-order chi connectivity index (χ1) is 9.14. The number of rotatable bonds is 5. The lowest BCUT2D eigenvalue weighted by molar-refractivity contribution is -0.133. The van der Waals surface area contributed by atoms with Crippen LogP contribution in [0, 0.1) is 12.3 Å². The van der Waals surface area contributed by atoms with Crippen LogP contribution in [-0.4, -0.2) is 23.9 Å². The Bertz CT molecular complexity index is 494. The summed E-state index contributed by atoms with van der Waals surface area (Å²) >= 11 is 0. The van der Waals surface area contributed by atoms with Gasteiger partial charge in [0.05, 0.1) is 12.0 Å². The Hall–Kier alpha value is -1.95. The monoisotopic (exact) mass is 256 g/mol. The number of carbonyl (C=O) groups is 1. The van der Waals surface area contributed by atoms with Gasteiger partial charge in [0.25, 0.3) is 0 Å². The van der Waals surface area contributed by atoms with Crippen molar-refractivity contribution >= 4 is 11.6 Å². The highest BCUT2D eigenvalue weighted by Gasteiger charge is 2.52. The molecule has 19 heavy (non-hydrogen) atoms. The molecule has 0 spiro atoms. The van der Waals surface area contributed by atoms with E-state index >= 15 is 0 Å². The van der Waals surface area contributed by atoms with Crippen molar-refractivity contribution in [3.63, 3.8) is 0 Å². The molecule has 0 unspecified atom stereocenters. The average molecular weight is 256 g/mol. The van der Waals surface area contributed by atoms with Gasteiger partial charge in [0, 0.05) is 12.2 Å². The van der Waals surface area contributed by atoms with Crippen LogP contribution in [-0.2, 0) is 10.2 Å². The maximum absolute atomic E-state index is 12.7. The molecule has 0 heterocycles. The van der Waals surface area contributed by atoms with Gasteiger partial charge in [-0.1, -0.05) is 25.0 Å². The fourth-order valence-corrected chi connectivity index (χ4v) is 2.49. The Morgan fingerprint density at radius 1 is 1.42 bits per heavy atom. The lowest BCUT2D eigenvalue weighted by Gasteiger charge is -2.25. The minimum atomic E-state index is -0.347. The van der Waals surface area contributed by atoms with Gasteiger partial charge in [-0.15, -0.1) is 6.42 Å². The quantitative estimate of drug-likeness (QED) is 0.648. The summed E-state index contributed by atoms with van der Waals surface area (Å²) in [6, 6.07) is 7.63. The van der Waals surface area contributed by atoms with E-state index in [2.05, 4.69) is 12.8 Å². The molecular formula is C16H20N2O. The molecule has 0 radical (unpaired) electrons. The van der Waals surface area contributed by atoms with Crippen molar-refractivity contribution in [2.45, 2.75) is 31.6 Å². The summed E-state index contributed by atoms with van der Waals surface area (Å²) in [5, 5.41) is 0. The number of carbonyl (C=O) groups excluding carboxylic acids is 1. The Morgan fingerprint density at radius 3 is 2.53 bits per heavy atom. The van der Waals surface area contributed by atoms with Gasteiger partial charge >= 0.3 is 0 Å². The van der Waals surface area contributed by atoms with Gasteiger partial charge in [-0.2, -0.15) is 0 Å². The van der Waals surface area contributed by atoms with Crippen LogP contribution in [0.2, 0.25) is 0 Å². The number of nitrogens with two attached hydrogens (primary N) is 1. The van der Waals surface area contributed by atoms with E-state index in [4.69, 9.17) is 12.2 Å². The van der Waals surface area contributed by atoms with Crippen molar-refractivity contribution in [1.29, 1.82) is 0 Å². The number of hydrogen-bond donors (Lipinski definition) is 1. The highest BCUT2D eigenvalue weighted by Crippen LogP contribution is 2.49. The first-order valence-electron chi connectivity index (χ1n) is 6.73. The molecular weight excluding hydrogens is 236 g/mol. The van der Waals surface area contributed by atoms with Crippen molar-refractivity contribution in [2.24, 2.45) is 0 Å². The largest absolute Gasteiger partial charge is 0.399 e. The highest BCUT2D eigenvalue weighted by molar-refractivity contribution is 5.91. The zero-order chi connectivity index (χ0) is 13.9. The maximum atomic E-state index is 12.7. The molecule has 0 atom stereocenters. The third-order valence-electron chi connectivity index (χ3n) is 3.69. The molecule has 0 aliphatic heterocycles. The first-order valence-corrected chi connectivity index (χ1v) is 6.73. The summed E-state index contributed by atoms with van der Waals surface area (Å²) in [7, 11) is 0. The molecule has 3 heteroatoms. The van der Waals surface area contributed by atoms with Crippen molar-refractivity contribution in [3.8, 4) is 12.3 Å². The molecule has 2 rings (SSSR count). The van der Waals surface area contributed by atoms with Gasteiger partial charge in [0.2, 0.25) is 5.91 Å². The summed E-state index contributed by atoms with van der Waals surface area (Å²) in [4.78, 5) is 14.5. The molecule has 1 aliphatic rings. The summed E-state index contributed by atoms with van der Waals surface area (Å²) in [5.41, 5.74) is 7.14. The van der Waals surface area contributed by atoms with E-state index in [1.807, 2.05) is 24.3 Å². The molecule has 1 aliphatic carbocycles. The molecule has 1 amide bonds. The molecule has 1 aromatic rings. The summed E-state index contributed by atoms with van der Waals surface area (Å²) in [5.74, 6) is 2.74. The minimum Gasteiger partial charge on any atom is -0.399 e. The zero-order valence-electron chi connectivity index (χ0n) is 11.4. The highest BCUT2D eigenvalue weighted by atomic mass is 16.2. The van der Waals surface area contributed by atoms with Crippen LogP contribution >= 0.6 is 0 Å². The molecule has 3 nitrogen and oxygen atoms in total. The summed E-state index contributed by atoms with van der Waals surface area (Å²) in [6.45, 7) is 3.17. The van der Waals surface area contributed by atoms with E-state index in [9.17, 15) is 4.79 Å². The van der Waals surface area contributed by atoms with E-state index in [1.165, 1.54) is 0 Å². The maximum Gasteiger partial charge on any atom is 0.234 e. The Kier molecular flexibility index (Phi) is 3.80. The fourth-order valence-electron chi connectivity index (χ4n) is 2.49. The fraction of sp³-hybridized carbons (Fsp3) is 0.438. The number of amides is 1. The second-order valence-corrected chi connectivity index (χ2v) is 5.13. The van der Waals surface area contributed by atoms with Crippen LogP contribution < -0.4 is 5.73 Å². The molecule has 1 fully saturated rings. The van der Waals surface area contributed by atoms with Crippen molar-refractivity contribution in [1.82, 2.24) is 4.90 Å². The topological polar surface area (TPSA) is 46.3 Å². The van der Waals surface area contributed by atoms with Crippen molar-refractivity contribution in [3.05, 3.63) is 29.8 Å². The van der Waals surface area contributed by atoms with Gasteiger partial charge in [0.15, 0.2) is 0 Å². The van der Waals surface area contributed by atoms with Gasteiger partial charge in [-0.25, -0.2) is 0 Å². The minimum absolute atomic E-state index is 0.164. The standard InChI is InChI=1S/C16H20N2O/c1-3-11-18(12-4-2)15(19)16(9-10-16)13-5-7-14(17)8-6-13/h1,5-8H,4,9-12,17H2,2H3. The van der Waals surface area contributed by atoms with Crippen LogP contribution in [0.1, 0.15) is 31.7 Å². The number of terminal acetylenes is 1. The SMILES string of the molecule is C#CCN(CCC)C(=O)C1(c2ccc(N)cc2)CC1. The van der Waals surface area contributed by atoms with Gasteiger partial charge in [-0.3, -0.25) is 4.79 Å². The predicted octanol–water partition coefficient (Wildman–Crippen LogP) is 2.17. The second kappa shape index (κ2) is 5.36. The molecule has 0 aromatic heterocycles. The Balaban J connectivity index is 2.22. The van der Waals surface area contributed by atoms with Crippen molar-refractivity contribution in [2.75, 3.05) is 18.8 Å². The van der Waals surface area contributed by atoms with E-state index in [1.54, 1.807) is 4.90 Å². The first kappa shape index (κ1) is 13.5. The van der Waals surface area contributed by atoms with Crippen LogP contribution in [0.3, 0.4) is 0 Å². The van der Waals surface area contributed by atoms with Crippen LogP contribution in [0.4, 0.5) is 5.69 Å². The summed E-state index contributed by atoms with van der Waals surface area (Å²) < 4.78 is 0. The lowest BCUT2D eigenvalue weighted by atomic mass is 9.94. The number of hydrogen-bond acceptors (Lipinski definition) is 2. The van der Waals surface area contributed by atoms with Gasteiger partial charge < -0.3 is 10.6 Å². The summed E-state index contributed by atoms with van der Waals surface area (Å²) in [6.07, 6.45) is 8.09. The number of nitrogen functional groups attached to an aromatic ring is 1. The molecule has 0 bridgehead atoms. The van der Waals surface area contributed by atoms with E-state index in [0.717, 1.165) is 37.1 Å². The van der Waals surface area contributed by atoms with E-state index < -0.39 is 0 Å². The van der Waals surface area contributed by atoms with Crippen LogP contribution in [0.15, 0.2) is 24.3 Å². The Labute approximate surface area is 114 Å². The second-order valence-electron chi connectivity index (χ2n) is 5.13. The van der Waals surface area contributed by atoms with E-state index in [0.29, 0.717) is 6.54 Å². The third-order valence-corrected chi connectivity index (χ3v) is 3.69. The zero-order valence-corrected chi connectivity index (χ0v) is 11.4.